The van der Waals surface area contributed by atoms with Gasteiger partial charge in [0.15, 0.2) is 0 Å². The van der Waals surface area contributed by atoms with E-state index in [1.54, 1.807) is 0 Å². The second-order valence-corrected chi connectivity index (χ2v) is 4.92. The van der Waals surface area contributed by atoms with E-state index in [1.807, 2.05) is 6.07 Å². The molecule has 0 bridgehead atoms. The molecular weight excluding hydrogens is 212 g/mol. The van der Waals surface area contributed by atoms with Gasteiger partial charge in [-0.25, -0.2) is 0 Å². The summed E-state index contributed by atoms with van der Waals surface area (Å²) in [5.41, 5.74) is 1.33. The summed E-state index contributed by atoms with van der Waals surface area (Å²) in [5, 5.41) is 9.51. The molecule has 0 aromatic heterocycles. The molecule has 1 fully saturated rings. The van der Waals surface area contributed by atoms with Gasteiger partial charge in [0.1, 0.15) is 0 Å². The summed E-state index contributed by atoms with van der Waals surface area (Å²) in [5.74, 6) is 0. The average molecular weight is 234 g/mol. The molecular formula is C14H22N2O. The highest BCUT2D eigenvalue weighted by Crippen LogP contribution is 2.24. The maximum Gasteiger partial charge on any atom is 0.0599 e. The summed E-state index contributed by atoms with van der Waals surface area (Å²) in [6.07, 6.45) is 0. The van der Waals surface area contributed by atoms with Gasteiger partial charge < -0.3 is 10.0 Å². The third kappa shape index (κ3) is 2.86. The van der Waals surface area contributed by atoms with Gasteiger partial charge in [0.25, 0.3) is 0 Å². The number of piperazine rings is 1. The number of rotatable bonds is 3. The number of hydrogen-bond donors (Lipinski definition) is 1. The first kappa shape index (κ1) is 12.6. The van der Waals surface area contributed by atoms with E-state index in [9.17, 15) is 5.11 Å². The van der Waals surface area contributed by atoms with Crippen LogP contribution in [-0.2, 0) is 0 Å². The minimum Gasteiger partial charge on any atom is -0.395 e. The van der Waals surface area contributed by atoms with Crippen molar-refractivity contribution in [2.45, 2.75) is 19.0 Å². The number of aliphatic hydroxyl groups excluding tert-OH is 1. The normalized spacial score (nSPS) is 24.8. The molecule has 3 heteroatoms. The van der Waals surface area contributed by atoms with Crippen molar-refractivity contribution in [3.8, 4) is 0 Å². The van der Waals surface area contributed by atoms with Crippen LogP contribution in [0.3, 0.4) is 0 Å². The molecule has 1 heterocycles. The second kappa shape index (κ2) is 5.63. The van der Waals surface area contributed by atoms with Crippen molar-refractivity contribution >= 4 is 0 Å². The lowest BCUT2D eigenvalue weighted by Gasteiger charge is -2.42. The molecule has 0 amide bonds. The summed E-state index contributed by atoms with van der Waals surface area (Å²) in [6, 6.07) is 11.2. The summed E-state index contributed by atoms with van der Waals surface area (Å²) in [7, 11) is 2.12. The molecule has 0 spiro atoms. The van der Waals surface area contributed by atoms with Crippen LogP contribution in [0.1, 0.15) is 18.5 Å². The Hall–Kier alpha value is -0.900. The van der Waals surface area contributed by atoms with Crippen LogP contribution in [0.2, 0.25) is 0 Å². The molecule has 0 radical (unpaired) electrons. The molecule has 1 saturated heterocycles. The van der Waals surface area contributed by atoms with Crippen LogP contribution in [0.4, 0.5) is 0 Å². The fraction of sp³-hybridized carbons (Fsp3) is 0.571. The van der Waals surface area contributed by atoms with Crippen molar-refractivity contribution in [3.05, 3.63) is 35.9 Å². The number of hydrogen-bond acceptors (Lipinski definition) is 3. The fourth-order valence-corrected chi connectivity index (χ4v) is 2.62. The number of nitrogens with zero attached hydrogens (tertiary/aromatic N) is 2. The average Bonchev–Trinajstić information content (AvgIpc) is 2.39. The Labute approximate surface area is 104 Å². The molecule has 1 aromatic carbocycles. The SMILES string of the molecule is CC(c1ccccc1)N1CCN(C)CC1CO. The lowest BCUT2D eigenvalue weighted by atomic mass is 10.0. The zero-order valence-corrected chi connectivity index (χ0v) is 10.7. The van der Waals surface area contributed by atoms with Crippen LogP contribution in [0, 0.1) is 0 Å². The smallest absolute Gasteiger partial charge is 0.0599 e. The monoisotopic (exact) mass is 234 g/mol. The van der Waals surface area contributed by atoms with Crippen LogP contribution in [0.25, 0.3) is 0 Å². The minimum absolute atomic E-state index is 0.238. The highest BCUT2D eigenvalue weighted by atomic mass is 16.3. The van der Waals surface area contributed by atoms with Crippen LogP contribution in [0.15, 0.2) is 30.3 Å². The van der Waals surface area contributed by atoms with Gasteiger partial charge in [-0.2, -0.15) is 0 Å². The lowest BCUT2D eigenvalue weighted by molar-refractivity contribution is 0.0252. The lowest BCUT2D eigenvalue weighted by Crippen LogP contribution is -2.54. The molecule has 1 aliphatic rings. The Balaban J connectivity index is 2.10. The molecule has 2 atom stereocenters. The molecule has 2 rings (SSSR count). The molecule has 0 saturated carbocycles. The molecule has 94 valence electrons. The predicted octanol–water partition coefficient (Wildman–Crippen LogP) is 1.36. The quantitative estimate of drug-likeness (QED) is 0.855. The molecule has 1 N–H and O–H groups in total. The Morgan fingerprint density at radius 3 is 2.65 bits per heavy atom. The molecule has 0 aliphatic carbocycles. The Morgan fingerprint density at radius 1 is 1.29 bits per heavy atom. The summed E-state index contributed by atoms with van der Waals surface area (Å²) in [4.78, 5) is 4.70. The van der Waals surface area contributed by atoms with Gasteiger partial charge in [-0.1, -0.05) is 30.3 Å². The van der Waals surface area contributed by atoms with E-state index in [0.717, 1.165) is 19.6 Å². The van der Waals surface area contributed by atoms with Crippen molar-refractivity contribution in [2.75, 3.05) is 33.3 Å². The van der Waals surface area contributed by atoms with Crippen molar-refractivity contribution in [3.63, 3.8) is 0 Å². The van der Waals surface area contributed by atoms with E-state index < -0.39 is 0 Å². The van der Waals surface area contributed by atoms with E-state index >= 15 is 0 Å². The van der Waals surface area contributed by atoms with Crippen LogP contribution >= 0.6 is 0 Å². The third-order valence-electron chi connectivity index (χ3n) is 3.72. The molecule has 1 aliphatic heterocycles. The third-order valence-corrected chi connectivity index (χ3v) is 3.72. The maximum atomic E-state index is 9.51. The van der Waals surface area contributed by atoms with Gasteiger partial charge in [0.05, 0.1) is 6.61 Å². The zero-order chi connectivity index (χ0) is 12.3. The molecule has 1 aromatic rings. The van der Waals surface area contributed by atoms with Crippen molar-refractivity contribution in [2.24, 2.45) is 0 Å². The first-order valence-electron chi connectivity index (χ1n) is 6.32. The standard InChI is InChI=1S/C14H22N2O/c1-12(13-6-4-3-5-7-13)16-9-8-15(2)10-14(16)11-17/h3-7,12,14,17H,8-11H2,1-2H3. The largest absolute Gasteiger partial charge is 0.395 e. The van der Waals surface area contributed by atoms with Crippen LogP contribution < -0.4 is 0 Å². The molecule has 3 nitrogen and oxygen atoms in total. The van der Waals surface area contributed by atoms with Crippen molar-refractivity contribution < 1.29 is 5.11 Å². The van der Waals surface area contributed by atoms with E-state index in [4.69, 9.17) is 0 Å². The van der Waals surface area contributed by atoms with Gasteiger partial charge in [0, 0.05) is 31.7 Å². The van der Waals surface area contributed by atoms with E-state index in [0.29, 0.717) is 6.04 Å². The molecule has 17 heavy (non-hydrogen) atoms. The molecule has 2 unspecified atom stereocenters. The summed E-state index contributed by atoms with van der Waals surface area (Å²) in [6.45, 7) is 5.52. The van der Waals surface area contributed by atoms with Gasteiger partial charge in [-0.05, 0) is 19.5 Å². The van der Waals surface area contributed by atoms with E-state index in [-0.39, 0.29) is 12.6 Å². The minimum atomic E-state index is 0.238. The highest BCUT2D eigenvalue weighted by molar-refractivity contribution is 5.18. The van der Waals surface area contributed by atoms with Crippen LogP contribution in [0.5, 0.6) is 0 Å². The zero-order valence-electron chi connectivity index (χ0n) is 10.7. The van der Waals surface area contributed by atoms with Gasteiger partial charge >= 0.3 is 0 Å². The first-order chi connectivity index (χ1) is 8.22. The topological polar surface area (TPSA) is 26.7 Å². The summed E-state index contributed by atoms with van der Waals surface area (Å²) >= 11 is 0. The predicted molar refractivity (Wildman–Crippen MR) is 69.9 cm³/mol. The van der Waals surface area contributed by atoms with Gasteiger partial charge in [-0.3, -0.25) is 4.90 Å². The van der Waals surface area contributed by atoms with Gasteiger partial charge in [-0.15, -0.1) is 0 Å². The first-order valence-corrected chi connectivity index (χ1v) is 6.32. The van der Waals surface area contributed by atoms with E-state index in [1.165, 1.54) is 5.56 Å². The Kier molecular flexibility index (Phi) is 4.15. The van der Waals surface area contributed by atoms with Crippen LogP contribution in [-0.4, -0.2) is 54.2 Å². The highest BCUT2D eigenvalue weighted by Gasteiger charge is 2.28. The van der Waals surface area contributed by atoms with Gasteiger partial charge in [0.2, 0.25) is 0 Å². The second-order valence-electron chi connectivity index (χ2n) is 4.92. The number of likely N-dealkylation sites (N-methyl/N-ethyl adjacent to an activating group) is 1. The van der Waals surface area contributed by atoms with Crippen molar-refractivity contribution in [1.29, 1.82) is 0 Å². The number of benzene rings is 1. The van der Waals surface area contributed by atoms with E-state index in [2.05, 4.69) is 48.0 Å². The number of aliphatic hydroxyl groups is 1. The maximum absolute atomic E-state index is 9.51. The summed E-state index contributed by atoms with van der Waals surface area (Å²) < 4.78 is 0. The van der Waals surface area contributed by atoms with Crippen molar-refractivity contribution in [1.82, 2.24) is 9.80 Å². The Morgan fingerprint density at radius 2 is 2.00 bits per heavy atom. The fourth-order valence-electron chi connectivity index (χ4n) is 2.62. The Bertz CT molecular complexity index is 341.